The number of nitrogens with zero attached hydrogens (tertiary/aromatic N) is 1. The number of aryl methyl sites for hydroxylation is 1. The van der Waals surface area contributed by atoms with E-state index in [2.05, 4.69) is 5.32 Å². The second kappa shape index (κ2) is 10.9. The Hall–Kier alpha value is -2.71. The van der Waals surface area contributed by atoms with E-state index in [0.717, 1.165) is 43.2 Å². The first-order valence-electron chi connectivity index (χ1n) is 11.3. The zero-order valence-corrected chi connectivity index (χ0v) is 20.2. The summed E-state index contributed by atoms with van der Waals surface area (Å²) in [4.78, 5) is 24.9. The second-order valence-corrected chi connectivity index (χ2v) is 10.6. The van der Waals surface area contributed by atoms with E-state index in [0.29, 0.717) is 6.54 Å². The third-order valence-corrected chi connectivity index (χ3v) is 8.02. The average molecular weight is 473 g/mol. The molecule has 8 heteroatoms. The summed E-state index contributed by atoms with van der Waals surface area (Å²) in [5.74, 6) is -1.09. The van der Waals surface area contributed by atoms with Crippen LogP contribution in [0.25, 0.3) is 0 Å². The zero-order chi connectivity index (χ0) is 24.0. The maximum absolute atomic E-state index is 12.9. The summed E-state index contributed by atoms with van der Waals surface area (Å²) in [5.41, 5.74) is 2.27. The lowest BCUT2D eigenvalue weighted by molar-refractivity contribution is -0.129. The van der Waals surface area contributed by atoms with Gasteiger partial charge in [0.2, 0.25) is 10.0 Å². The van der Waals surface area contributed by atoms with Crippen molar-refractivity contribution in [1.29, 1.82) is 0 Å². The first-order chi connectivity index (χ1) is 15.7. The van der Waals surface area contributed by atoms with Crippen LogP contribution in [0.3, 0.4) is 0 Å². The van der Waals surface area contributed by atoms with Crippen molar-refractivity contribution in [1.82, 2.24) is 9.62 Å². The van der Waals surface area contributed by atoms with E-state index >= 15 is 0 Å². The number of benzene rings is 2. The van der Waals surface area contributed by atoms with Crippen molar-refractivity contribution in [2.24, 2.45) is 0 Å². The van der Waals surface area contributed by atoms with Crippen LogP contribution in [0, 0.1) is 6.92 Å². The van der Waals surface area contributed by atoms with Crippen LogP contribution in [0.15, 0.2) is 53.4 Å². The zero-order valence-electron chi connectivity index (χ0n) is 19.4. The Labute approximate surface area is 196 Å². The van der Waals surface area contributed by atoms with Gasteiger partial charge in [-0.2, -0.15) is 4.31 Å². The van der Waals surface area contributed by atoms with Gasteiger partial charge in [-0.05, 0) is 56.5 Å². The van der Waals surface area contributed by atoms with Gasteiger partial charge < -0.3 is 10.1 Å². The molecule has 1 aliphatic rings. The Morgan fingerprint density at radius 2 is 1.64 bits per heavy atom. The number of hydrogen-bond donors (Lipinski definition) is 1. The van der Waals surface area contributed by atoms with E-state index in [-0.39, 0.29) is 16.5 Å². The second-order valence-electron chi connectivity index (χ2n) is 8.59. The summed E-state index contributed by atoms with van der Waals surface area (Å²) in [6, 6.07) is 13.4. The Bertz CT molecular complexity index is 1060. The molecule has 1 N–H and O–H groups in total. The first kappa shape index (κ1) is 24.9. The molecule has 33 heavy (non-hydrogen) atoms. The number of nitrogens with one attached hydrogen (secondary N) is 1. The number of hydrogen-bond acceptors (Lipinski definition) is 5. The van der Waals surface area contributed by atoms with Gasteiger partial charge in [-0.1, -0.05) is 49.1 Å². The molecule has 0 spiro atoms. The Morgan fingerprint density at radius 1 is 1.03 bits per heavy atom. The molecular weight excluding hydrogens is 440 g/mol. The van der Waals surface area contributed by atoms with Crippen LogP contribution in [-0.2, 0) is 26.1 Å². The minimum atomic E-state index is -3.64. The van der Waals surface area contributed by atoms with Crippen LogP contribution in [0.5, 0.6) is 0 Å². The predicted molar refractivity (Wildman–Crippen MR) is 126 cm³/mol. The highest BCUT2D eigenvalue weighted by Crippen LogP contribution is 2.26. The number of rotatable bonds is 8. The Balaban J connectivity index is 1.56. The van der Waals surface area contributed by atoms with Crippen LogP contribution < -0.4 is 5.32 Å². The molecule has 1 fully saturated rings. The highest BCUT2D eigenvalue weighted by Gasteiger charge is 2.29. The summed E-state index contributed by atoms with van der Waals surface area (Å²) in [7, 11) is -2.02. The molecule has 1 aliphatic carbocycles. The normalized spacial score (nSPS) is 15.8. The third kappa shape index (κ3) is 6.42. The van der Waals surface area contributed by atoms with E-state index in [1.807, 2.05) is 31.2 Å². The maximum Gasteiger partial charge on any atom is 0.338 e. The van der Waals surface area contributed by atoms with Crippen molar-refractivity contribution < 1.29 is 22.7 Å². The van der Waals surface area contributed by atoms with E-state index in [1.54, 1.807) is 7.05 Å². The number of esters is 1. The van der Waals surface area contributed by atoms with Crippen LogP contribution in [0.2, 0.25) is 0 Å². The molecule has 7 nitrogen and oxygen atoms in total. The van der Waals surface area contributed by atoms with Crippen LogP contribution >= 0.6 is 0 Å². The summed E-state index contributed by atoms with van der Waals surface area (Å²) in [6.45, 7) is 3.82. The maximum atomic E-state index is 12.9. The lowest BCUT2D eigenvalue weighted by Gasteiger charge is -2.30. The molecule has 2 aromatic carbocycles. The molecular formula is C25H32N2O5S. The first-order valence-corrected chi connectivity index (χ1v) is 12.7. The van der Waals surface area contributed by atoms with Gasteiger partial charge in [0.05, 0.1) is 10.5 Å². The lowest BCUT2D eigenvalue weighted by atomic mass is 9.96. The van der Waals surface area contributed by atoms with Gasteiger partial charge in [0.25, 0.3) is 5.91 Å². The number of carbonyl (C=O) groups excluding carboxylic acids is 2. The monoisotopic (exact) mass is 472 g/mol. The van der Waals surface area contributed by atoms with Gasteiger partial charge in [-0.15, -0.1) is 0 Å². The summed E-state index contributed by atoms with van der Waals surface area (Å²) in [5, 5.41) is 2.75. The van der Waals surface area contributed by atoms with Crippen molar-refractivity contribution in [2.75, 3.05) is 7.05 Å². The highest BCUT2D eigenvalue weighted by atomic mass is 32.2. The summed E-state index contributed by atoms with van der Waals surface area (Å²) in [6.07, 6.45) is 3.96. The molecule has 1 amide bonds. The third-order valence-electron chi connectivity index (χ3n) is 6.10. The van der Waals surface area contributed by atoms with Gasteiger partial charge in [-0.3, -0.25) is 4.79 Å². The molecule has 1 saturated carbocycles. The fourth-order valence-corrected chi connectivity index (χ4v) is 5.31. The van der Waals surface area contributed by atoms with E-state index in [9.17, 15) is 18.0 Å². The quantitative estimate of drug-likeness (QED) is 0.590. The van der Waals surface area contributed by atoms with Crippen molar-refractivity contribution in [3.05, 3.63) is 65.2 Å². The molecule has 0 saturated heterocycles. The Kier molecular flexibility index (Phi) is 8.26. The van der Waals surface area contributed by atoms with E-state index in [1.165, 1.54) is 35.5 Å². The Morgan fingerprint density at radius 3 is 2.24 bits per heavy atom. The fourth-order valence-electron chi connectivity index (χ4n) is 3.89. The van der Waals surface area contributed by atoms with Crippen molar-refractivity contribution in [3.8, 4) is 0 Å². The molecule has 1 atom stereocenters. The van der Waals surface area contributed by atoms with Gasteiger partial charge in [0.1, 0.15) is 0 Å². The number of ether oxygens (including phenoxy) is 1. The minimum Gasteiger partial charge on any atom is -0.449 e. The SMILES string of the molecule is Cc1ccc(CNC(=O)C(C)OC(=O)c2ccc(S(=O)(=O)N(C)C3CCCCC3)cc2)cc1. The van der Waals surface area contributed by atoms with Crippen molar-refractivity contribution >= 4 is 21.9 Å². The van der Waals surface area contributed by atoms with Crippen molar-refractivity contribution in [2.45, 2.75) is 69.5 Å². The average Bonchev–Trinajstić information content (AvgIpc) is 2.83. The molecule has 178 valence electrons. The van der Waals surface area contributed by atoms with Crippen LogP contribution in [0.4, 0.5) is 0 Å². The summed E-state index contributed by atoms with van der Waals surface area (Å²) >= 11 is 0. The van der Waals surface area contributed by atoms with Gasteiger partial charge in [-0.25, -0.2) is 13.2 Å². The largest absolute Gasteiger partial charge is 0.449 e. The predicted octanol–water partition coefficient (Wildman–Crippen LogP) is 3.81. The highest BCUT2D eigenvalue weighted by molar-refractivity contribution is 7.89. The fraction of sp³-hybridized carbons (Fsp3) is 0.440. The molecule has 0 radical (unpaired) electrons. The standard InChI is InChI=1S/C25H32N2O5S/c1-18-9-11-20(12-10-18)17-26-24(28)19(2)32-25(29)21-13-15-23(16-14-21)33(30,31)27(3)22-7-5-4-6-8-22/h9-16,19,22H,4-8,17H2,1-3H3,(H,26,28). The molecule has 3 rings (SSSR count). The molecule has 0 aliphatic heterocycles. The smallest absolute Gasteiger partial charge is 0.338 e. The number of carbonyl (C=O) groups is 2. The molecule has 0 aromatic heterocycles. The van der Waals surface area contributed by atoms with Crippen molar-refractivity contribution in [3.63, 3.8) is 0 Å². The van der Waals surface area contributed by atoms with Crippen LogP contribution in [-0.4, -0.2) is 43.8 Å². The van der Waals surface area contributed by atoms with E-state index in [4.69, 9.17) is 4.74 Å². The number of amides is 1. The topological polar surface area (TPSA) is 92.8 Å². The van der Waals surface area contributed by atoms with Crippen LogP contribution in [0.1, 0.15) is 60.5 Å². The molecule has 0 bridgehead atoms. The van der Waals surface area contributed by atoms with Gasteiger partial charge >= 0.3 is 5.97 Å². The lowest BCUT2D eigenvalue weighted by Crippen LogP contribution is -2.38. The summed E-state index contributed by atoms with van der Waals surface area (Å²) < 4.78 is 32.6. The molecule has 2 aromatic rings. The minimum absolute atomic E-state index is 0.00710. The molecule has 1 unspecified atom stereocenters. The molecule has 0 heterocycles. The van der Waals surface area contributed by atoms with Gasteiger partial charge in [0.15, 0.2) is 6.10 Å². The van der Waals surface area contributed by atoms with E-state index < -0.39 is 28.0 Å². The number of sulfonamides is 1. The van der Waals surface area contributed by atoms with Gasteiger partial charge in [0, 0.05) is 19.6 Å².